The van der Waals surface area contributed by atoms with Gasteiger partial charge in [0.1, 0.15) is 0 Å². The minimum atomic E-state index is -3.37. The highest BCUT2D eigenvalue weighted by Gasteiger charge is 2.24. The van der Waals surface area contributed by atoms with Crippen LogP contribution in [0.2, 0.25) is 0 Å². The second kappa shape index (κ2) is 17.8. The van der Waals surface area contributed by atoms with Crippen molar-refractivity contribution in [2.24, 2.45) is 0 Å². The fourth-order valence-electron chi connectivity index (χ4n) is 3.97. The predicted octanol–water partition coefficient (Wildman–Crippen LogP) is 5.45. The molecule has 0 aliphatic heterocycles. The minimum Gasteiger partial charge on any atom is -0.466 e. The number of unbranched alkanes of at least 4 members (excludes halogenated alkanes) is 10. The van der Waals surface area contributed by atoms with Crippen LogP contribution >= 0.6 is 0 Å². The van der Waals surface area contributed by atoms with E-state index in [-0.39, 0.29) is 12.6 Å². The van der Waals surface area contributed by atoms with Gasteiger partial charge < -0.3 is 4.74 Å². The van der Waals surface area contributed by atoms with E-state index in [0.29, 0.717) is 25.6 Å². The summed E-state index contributed by atoms with van der Waals surface area (Å²) < 4.78 is 32.5. The highest BCUT2D eigenvalue weighted by Crippen LogP contribution is 2.25. The normalized spacial score (nSPS) is 14.7. The Bertz CT molecular complexity index is 548. The highest BCUT2D eigenvalue weighted by atomic mass is 32.2. The molecule has 1 rings (SSSR count). The molecule has 1 saturated carbocycles. The quantitative estimate of drug-likeness (QED) is 0.129. The summed E-state index contributed by atoms with van der Waals surface area (Å²) in [5.41, 5.74) is 0. The summed E-state index contributed by atoms with van der Waals surface area (Å²) in [7, 11) is -3.37. The van der Waals surface area contributed by atoms with Crippen LogP contribution < -0.4 is 0 Å². The maximum Gasteiger partial charge on any atom is 0.305 e. The van der Waals surface area contributed by atoms with Crippen molar-refractivity contribution in [1.29, 1.82) is 0 Å². The third-order valence-corrected chi connectivity index (χ3v) is 6.70. The number of hydrogen-bond donors (Lipinski definition) is 0. The molecule has 0 aromatic rings. The average molecular weight is 462 g/mol. The largest absolute Gasteiger partial charge is 0.466 e. The lowest BCUT2D eigenvalue weighted by atomic mass is 9.91. The van der Waals surface area contributed by atoms with E-state index < -0.39 is 10.1 Å². The predicted molar refractivity (Wildman–Crippen MR) is 127 cm³/mol. The lowest BCUT2D eigenvalue weighted by molar-refractivity contribution is -0.143. The van der Waals surface area contributed by atoms with Crippen LogP contribution in [-0.4, -0.2) is 57.9 Å². The molecule has 0 amide bonds. The van der Waals surface area contributed by atoms with Crippen LogP contribution in [0.3, 0.4) is 0 Å². The van der Waals surface area contributed by atoms with E-state index in [4.69, 9.17) is 8.92 Å². The summed E-state index contributed by atoms with van der Waals surface area (Å²) in [4.78, 5) is 14.2. The number of carbonyl (C=O) groups is 1. The third kappa shape index (κ3) is 16.6. The van der Waals surface area contributed by atoms with E-state index in [0.717, 1.165) is 44.9 Å². The zero-order valence-electron chi connectivity index (χ0n) is 20.1. The first-order valence-electron chi connectivity index (χ1n) is 12.7. The second-order valence-corrected chi connectivity index (χ2v) is 10.7. The SMILES string of the molecule is CCCCCCCCCCCOC(=O)CCCCCN(CCOS(C)(=O)=O)C1CCC1. The Morgan fingerprint density at radius 2 is 1.45 bits per heavy atom. The molecule has 184 valence electrons. The molecule has 1 aliphatic rings. The van der Waals surface area contributed by atoms with Crippen LogP contribution in [0, 0.1) is 0 Å². The van der Waals surface area contributed by atoms with Gasteiger partial charge in [0, 0.05) is 19.0 Å². The topological polar surface area (TPSA) is 72.9 Å². The maximum atomic E-state index is 11.9. The molecule has 6 nitrogen and oxygen atoms in total. The fourth-order valence-corrected chi connectivity index (χ4v) is 4.34. The van der Waals surface area contributed by atoms with Crippen LogP contribution in [0.15, 0.2) is 0 Å². The Balaban J connectivity index is 1.96. The van der Waals surface area contributed by atoms with Crippen molar-refractivity contribution >= 4 is 16.1 Å². The number of nitrogens with zero attached hydrogens (tertiary/aromatic N) is 1. The van der Waals surface area contributed by atoms with Gasteiger partial charge in [-0.1, -0.05) is 71.1 Å². The molecule has 0 aromatic heterocycles. The lowest BCUT2D eigenvalue weighted by Crippen LogP contribution is -2.42. The molecular weight excluding hydrogens is 414 g/mol. The van der Waals surface area contributed by atoms with Gasteiger partial charge in [-0.3, -0.25) is 13.9 Å². The molecule has 0 aromatic carbocycles. The van der Waals surface area contributed by atoms with Crippen molar-refractivity contribution in [3.63, 3.8) is 0 Å². The van der Waals surface area contributed by atoms with Gasteiger partial charge in [-0.2, -0.15) is 8.42 Å². The zero-order valence-corrected chi connectivity index (χ0v) is 20.9. The highest BCUT2D eigenvalue weighted by molar-refractivity contribution is 7.85. The lowest BCUT2D eigenvalue weighted by Gasteiger charge is -2.37. The molecule has 7 heteroatoms. The van der Waals surface area contributed by atoms with Crippen LogP contribution in [0.25, 0.3) is 0 Å². The van der Waals surface area contributed by atoms with Gasteiger partial charge in [-0.25, -0.2) is 0 Å². The van der Waals surface area contributed by atoms with E-state index in [1.165, 1.54) is 64.2 Å². The summed E-state index contributed by atoms with van der Waals surface area (Å²) >= 11 is 0. The Labute approximate surface area is 191 Å². The van der Waals surface area contributed by atoms with Crippen molar-refractivity contribution in [3.8, 4) is 0 Å². The van der Waals surface area contributed by atoms with Crippen LogP contribution in [0.1, 0.15) is 110 Å². The van der Waals surface area contributed by atoms with Gasteiger partial charge in [0.05, 0.1) is 19.5 Å². The molecule has 0 spiro atoms. The van der Waals surface area contributed by atoms with Crippen LogP contribution in [0.5, 0.6) is 0 Å². The van der Waals surface area contributed by atoms with Crippen molar-refractivity contribution in [2.45, 2.75) is 116 Å². The van der Waals surface area contributed by atoms with Crippen molar-refractivity contribution < 1.29 is 22.1 Å². The third-order valence-electron chi connectivity index (χ3n) is 6.10. The van der Waals surface area contributed by atoms with E-state index >= 15 is 0 Å². The average Bonchev–Trinajstić information content (AvgIpc) is 2.66. The number of ether oxygens (including phenoxy) is 1. The van der Waals surface area contributed by atoms with Gasteiger partial charge in [0.25, 0.3) is 10.1 Å². The first-order chi connectivity index (χ1) is 14.9. The van der Waals surface area contributed by atoms with E-state index in [1.807, 2.05) is 0 Å². The molecule has 0 N–H and O–H groups in total. The van der Waals surface area contributed by atoms with E-state index in [1.54, 1.807) is 0 Å². The minimum absolute atomic E-state index is 0.0723. The fraction of sp³-hybridized carbons (Fsp3) is 0.958. The van der Waals surface area contributed by atoms with Crippen molar-refractivity contribution in [1.82, 2.24) is 4.90 Å². The first kappa shape index (κ1) is 28.4. The summed E-state index contributed by atoms with van der Waals surface area (Å²) in [5, 5.41) is 0. The molecular formula is C24H47NO5S. The van der Waals surface area contributed by atoms with Crippen molar-refractivity contribution in [2.75, 3.05) is 32.6 Å². The molecule has 0 saturated heterocycles. The van der Waals surface area contributed by atoms with Gasteiger partial charge in [-0.05, 0) is 38.6 Å². The molecule has 0 unspecified atom stereocenters. The van der Waals surface area contributed by atoms with Crippen LogP contribution in [0.4, 0.5) is 0 Å². The summed E-state index contributed by atoms with van der Waals surface area (Å²) in [6.07, 6.45) is 19.5. The number of rotatable bonds is 21. The molecule has 0 radical (unpaired) electrons. The molecule has 1 fully saturated rings. The Morgan fingerprint density at radius 3 is 2.03 bits per heavy atom. The number of esters is 1. The molecule has 0 heterocycles. The Hall–Kier alpha value is -0.660. The summed E-state index contributed by atoms with van der Waals surface area (Å²) in [6, 6.07) is 0.560. The van der Waals surface area contributed by atoms with Gasteiger partial charge in [0.2, 0.25) is 0 Å². The second-order valence-electron chi connectivity index (χ2n) is 9.01. The summed E-state index contributed by atoms with van der Waals surface area (Å²) in [5.74, 6) is -0.0723. The standard InChI is InChI=1S/C24H47NO5S/c1-3-4-5-6-7-8-9-10-14-21-29-24(26)18-12-11-13-19-25(23-16-15-17-23)20-22-30-31(2,27)28/h23H,3-22H2,1-2H3. The monoisotopic (exact) mass is 461 g/mol. The molecule has 0 bridgehead atoms. The van der Waals surface area contributed by atoms with E-state index in [9.17, 15) is 13.2 Å². The van der Waals surface area contributed by atoms with Gasteiger partial charge in [0.15, 0.2) is 0 Å². The first-order valence-corrected chi connectivity index (χ1v) is 14.5. The number of hydrogen-bond acceptors (Lipinski definition) is 6. The summed E-state index contributed by atoms with van der Waals surface area (Å²) in [6.45, 7) is 4.61. The smallest absolute Gasteiger partial charge is 0.305 e. The van der Waals surface area contributed by atoms with Gasteiger partial charge in [-0.15, -0.1) is 0 Å². The van der Waals surface area contributed by atoms with E-state index in [2.05, 4.69) is 11.8 Å². The molecule has 0 atom stereocenters. The number of carbonyl (C=O) groups excluding carboxylic acids is 1. The zero-order chi connectivity index (χ0) is 22.8. The molecule has 31 heavy (non-hydrogen) atoms. The van der Waals surface area contributed by atoms with Gasteiger partial charge >= 0.3 is 5.97 Å². The Morgan fingerprint density at radius 1 is 0.839 bits per heavy atom. The van der Waals surface area contributed by atoms with Crippen LogP contribution in [-0.2, 0) is 23.8 Å². The Kier molecular flexibility index (Phi) is 16.3. The van der Waals surface area contributed by atoms with Crippen molar-refractivity contribution in [3.05, 3.63) is 0 Å². The maximum absolute atomic E-state index is 11.9. The molecule has 1 aliphatic carbocycles.